The standard InChI is InChI=1S/C18H24BrNO4S/c19-16-9-11-17(12-10-16)25(23,24)20-13-15-7-4-6-14(15)5-2-1-3-8-18(21)22/h2,5,9-12,14-15,20H,1,3-4,6-8,13H2,(H,21,22)/t14-,15+/m0/s1. The summed E-state index contributed by atoms with van der Waals surface area (Å²) in [6, 6.07) is 6.60. The second-order valence-corrected chi connectivity index (χ2v) is 9.06. The maximum atomic E-state index is 12.4. The lowest BCUT2D eigenvalue weighted by Crippen LogP contribution is -2.30. The number of rotatable bonds is 9. The fourth-order valence-corrected chi connectivity index (χ4v) is 4.49. The van der Waals surface area contributed by atoms with Crippen molar-refractivity contribution in [3.63, 3.8) is 0 Å². The molecule has 1 aliphatic rings. The van der Waals surface area contributed by atoms with E-state index in [0.717, 1.165) is 30.2 Å². The van der Waals surface area contributed by atoms with E-state index in [1.54, 1.807) is 24.3 Å². The van der Waals surface area contributed by atoms with Gasteiger partial charge in [-0.15, -0.1) is 0 Å². The molecule has 5 nitrogen and oxygen atoms in total. The molecule has 2 atom stereocenters. The Hall–Kier alpha value is -1.18. The molecule has 0 radical (unpaired) electrons. The van der Waals surface area contributed by atoms with Gasteiger partial charge in [-0.3, -0.25) is 4.79 Å². The Morgan fingerprint density at radius 2 is 2.00 bits per heavy atom. The molecule has 0 amide bonds. The number of hydrogen-bond acceptors (Lipinski definition) is 3. The Morgan fingerprint density at radius 1 is 1.28 bits per heavy atom. The summed E-state index contributed by atoms with van der Waals surface area (Å²) in [6.07, 6.45) is 8.90. The molecule has 7 heteroatoms. The van der Waals surface area contributed by atoms with E-state index in [2.05, 4.69) is 26.7 Å². The predicted molar refractivity (Wildman–Crippen MR) is 101 cm³/mol. The highest BCUT2D eigenvalue weighted by atomic mass is 79.9. The first-order valence-corrected chi connectivity index (χ1v) is 10.8. The normalized spacial score (nSPS) is 21.0. The van der Waals surface area contributed by atoms with Crippen LogP contribution in [0.4, 0.5) is 0 Å². The number of unbranched alkanes of at least 4 members (excludes halogenated alkanes) is 1. The lowest BCUT2D eigenvalue weighted by Gasteiger charge is -2.17. The summed E-state index contributed by atoms with van der Waals surface area (Å²) >= 11 is 3.30. The van der Waals surface area contributed by atoms with E-state index in [0.29, 0.717) is 24.8 Å². The number of benzene rings is 1. The van der Waals surface area contributed by atoms with Crippen molar-refractivity contribution in [2.75, 3.05) is 6.54 Å². The van der Waals surface area contributed by atoms with Crippen LogP contribution in [-0.4, -0.2) is 26.0 Å². The third-order valence-electron chi connectivity index (χ3n) is 4.52. The molecule has 2 N–H and O–H groups in total. The Kier molecular flexibility index (Phi) is 7.65. The molecule has 1 aromatic carbocycles. The quantitative estimate of drug-likeness (QED) is 0.459. The lowest BCUT2D eigenvalue weighted by molar-refractivity contribution is -0.137. The van der Waals surface area contributed by atoms with Gasteiger partial charge in [0.15, 0.2) is 0 Å². The van der Waals surface area contributed by atoms with Gasteiger partial charge in [-0.05, 0) is 61.8 Å². The first-order chi connectivity index (χ1) is 11.9. The Morgan fingerprint density at radius 3 is 2.68 bits per heavy atom. The van der Waals surface area contributed by atoms with E-state index in [1.165, 1.54) is 0 Å². The minimum atomic E-state index is -3.49. The summed E-state index contributed by atoms with van der Waals surface area (Å²) in [5.41, 5.74) is 0. The van der Waals surface area contributed by atoms with E-state index in [-0.39, 0.29) is 11.3 Å². The molecule has 0 bridgehead atoms. The monoisotopic (exact) mass is 429 g/mol. The third kappa shape index (κ3) is 6.56. The van der Waals surface area contributed by atoms with Crippen LogP contribution in [0, 0.1) is 11.8 Å². The van der Waals surface area contributed by atoms with Crippen LogP contribution in [0.3, 0.4) is 0 Å². The summed E-state index contributed by atoms with van der Waals surface area (Å²) in [6.45, 7) is 0.433. The number of carboxylic acid groups (broad SMARTS) is 1. The number of halogens is 1. The van der Waals surface area contributed by atoms with Gasteiger partial charge < -0.3 is 5.11 Å². The highest BCUT2D eigenvalue weighted by Gasteiger charge is 2.26. The molecule has 1 aliphatic carbocycles. The zero-order chi connectivity index (χ0) is 18.3. The van der Waals surface area contributed by atoms with Crippen molar-refractivity contribution in [3.8, 4) is 0 Å². The molecule has 2 rings (SSSR count). The Balaban J connectivity index is 1.85. The van der Waals surface area contributed by atoms with Crippen LogP contribution in [0.2, 0.25) is 0 Å². The van der Waals surface area contributed by atoms with Gasteiger partial charge in [0.25, 0.3) is 0 Å². The van der Waals surface area contributed by atoms with Crippen LogP contribution in [-0.2, 0) is 14.8 Å². The minimum absolute atomic E-state index is 0.186. The highest BCUT2D eigenvalue weighted by Crippen LogP contribution is 2.32. The molecule has 25 heavy (non-hydrogen) atoms. The Bertz CT molecular complexity index is 700. The van der Waals surface area contributed by atoms with Gasteiger partial charge in [-0.25, -0.2) is 13.1 Å². The van der Waals surface area contributed by atoms with Gasteiger partial charge in [0, 0.05) is 17.4 Å². The first kappa shape index (κ1) is 20.1. The molecule has 0 unspecified atom stereocenters. The topological polar surface area (TPSA) is 83.5 Å². The lowest BCUT2D eigenvalue weighted by atomic mass is 9.95. The number of carbonyl (C=O) groups is 1. The summed E-state index contributed by atoms with van der Waals surface area (Å²) in [7, 11) is -3.49. The molecule has 0 saturated heterocycles. The number of carboxylic acids is 1. The van der Waals surface area contributed by atoms with Crippen molar-refractivity contribution in [1.82, 2.24) is 4.72 Å². The van der Waals surface area contributed by atoms with Gasteiger partial charge in [0.1, 0.15) is 0 Å². The van der Waals surface area contributed by atoms with Crippen LogP contribution >= 0.6 is 15.9 Å². The maximum Gasteiger partial charge on any atom is 0.303 e. The van der Waals surface area contributed by atoms with E-state index >= 15 is 0 Å². The Labute approximate surface area is 157 Å². The number of nitrogens with one attached hydrogen (secondary N) is 1. The van der Waals surface area contributed by atoms with Crippen LogP contribution < -0.4 is 4.72 Å². The zero-order valence-electron chi connectivity index (χ0n) is 14.0. The summed E-state index contributed by atoms with van der Waals surface area (Å²) in [5.74, 6) is -0.118. The number of hydrogen-bond donors (Lipinski definition) is 2. The molecule has 138 valence electrons. The third-order valence-corrected chi connectivity index (χ3v) is 6.49. The van der Waals surface area contributed by atoms with Crippen molar-refractivity contribution >= 4 is 31.9 Å². The number of sulfonamides is 1. The van der Waals surface area contributed by atoms with E-state index < -0.39 is 16.0 Å². The first-order valence-electron chi connectivity index (χ1n) is 8.52. The summed E-state index contributed by atoms with van der Waals surface area (Å²) < 4.78 is 28.3. The molecule has 1 saturated carbocycles. The van der Waals surface area contributed by atoms with Crippen LogP contribution in [0.15, 0.2) is 45.8 Å². The van der Waals surface area contributed by atoms with Crippen LogP contribution in [0.1, 0.15) is 38.5 Å². The van der Waals surface area contributed by atoms with Crippen molar-refractivity contribution in [1.29, 1.82) is 0 Å². The number of aliphatic carboxylic acids is 1. The van der Waals surface area contributed by atoms with Gasteiger partial charge in [0.2, 0.25) is 10.0 Å². The summed E-state index contributed by atoms with van der Waals surface area (Å²) in [4.78, 5) is 10.8. The van der Waals surface area contributed by atoms with Crippen molar-refractivity contribution in [2.24, 2.45) is 11.8 Å². The molecule has 0 spiro atoms. The smallest absolute Gasteiger partial charge is 0.303 e. The SMILES string of the molecule is O=C(O)CCCC=C[C@H]1CCC[C@@H]1CNS(=O)(=O)c1ccc(Br)cc1. The van der Waals surface area contributed by atoms with Gasteiger partial charge in [-0.1, -0.05) is 34.5 Å². The average Bonchev–Trinajstić information content (AvgIpc) is 3.00. The average molecular weight is 430 g/mol. The highest BCUT2D eigenvalue weighted by molar-refractivity contribution is 9.10. The second-order valence-electron chi connectivity index (χ2n) is 6.37. The minimum Gasteiger partial charge on any atom is -0.481 e. The van der Waals surface area contributed by atoms with Gasteiger partial charge in [0.05, 0.1) is 4.90 Å². The molecule has 0 heterocycles. The van der Waals surface area contributed by atoms with Gasteiger partial charge in [-0.2, -0.15) is 0 Å². The number of allylic oxidation sites excluding steroid dienone is 2. The molecule has 0 aromatic heterocycles. The molecule has 1 aromatic rings. The predicted octanol–water partition coefficient (Wildman–Crippen LogP) is 3.95. The molecule has 0 aliphatic heterocycles. The molecule has 1 fully saturated rings. The maximum absolute atomic E-state index is 12.4. The van der Waals surface area contributed by atoms with E-state index in [9.17, 15) is 13.2 Å². The van der Waals surface area contributed by atoms with E-state index in [1.807, 2.05) is 6.08 Å². The zero-order valence-corrected chi connectivity index (χ0v) is 16.4. The van der Waals surface area contributed by atoms with Crippen molar-refractivity contribution in [2.45, 2.75) is 43.4 Å². The molecular formula is C18H24BrNO4S. The van der Waals surface area contributed by atoms with Crippen LogP contribution in [0.5, 0.6) is 0 Å². The van der Waals surface area contributed by atoms with Gasteiger partial charge >= 0.3 is 5.97 Å². The second kappa shape index (κ2) is 9.50. The fraction of sp³-hybridized carbons (Fsp3) is 0.500. The van der Waals surface area contributed by atoms with E-state index in [4.69, 9.17) is 5.11 Å². The van der Waals surface area contributed by atoms with Crippen LogP contribution in [0.25, 0.3) is 0 Å². The van der Waals surface area contributed by atoms with Crippen molar-refractivity contribution < 1.29 is 18.3 Å². The van der Waals surface area contributed by atoms with Crippen molar-refractivity contribution in [3.05, 3.63) is 40.9 Å². The fourth-order valence-electron chi connectivity index (χ4n) is 3.13. The molecular weight excluding hydrogens is 406 g/mol. The summed E-state index contributed by atoms with van der Waals surface area (Å²) in [5, 5.41) is 8.63. The largest absolute Gasteiger partial charge is 0.481 e.